The molecule has 0 aromatic carbocycles. The molecule has 0 radical (unpaired) electrons. The fourth-order valence-corrected chi connectivity index (χ4v) is 2.49. The standard InChI is InChI=1S/C12H15BrF2N4O2/c1-7(5-18-6-9(13)4-16-18)10(20)19-12(21,11(14)15)3-8(2)17-19/h4,6-7,11,21H,3,5H2,1-2H3. The zero-order valence-corrected chi connectivity index (χ0v) is 13.1. The fraction of sp³-hybridized carbons (Fsp3) is 0.583. The van der Waals surface area contributed by atoms with Crippen LogP contribution in [0.5, 0.6) is 0 Å². The molecule has 0 fully saturated rings. The molecular weight excluding hydrogens is 350 g/mol. The van der Waals surface area contributed by atoms with Gasteiger partial charge in [0.15, 0.2) is 0 Å². The maximum absolute atomic E-state index is 13.1. The molecule has 0 saturated carbocycles. The maximum atomic E-state index is 13.1. The molecule has 1 aliphatic rings. The van der Waals surface area contributed by atoms with E-state index in [1.165, 1.54) is 11.6 Å². The van der Waals surface area contributed by atoms with E-state index in [9.17, 15) is 18.7 Å². The normalized spacial score (nSPS) is 23.6. The lowest BCUT2D eigenvalue weighted by atomic mass is 10.1. The Labute approximate surface area is 128 Å². The second-order valence-electron chi connectivity index (χ2n) is 5.12. The number of aliphatic hydroxyl groups is 1. The smallest absolute Gasteiger partial charge is 0.287 e. The van der Waals surface area contributed by atoms with Gasteiger partial charge in [-0.2, -0.15) is 15.2 Å². The van der Waals surface area contributed by atoms with Crippen LogP contribution < -0.4 is 0 Å². The summed E-state index contributed by atoms with van der Waals surface area (Å²) in [5.41, 5.74) is -2.26. The monoisotopic (exact) mass is 364 g/mol. The van der Waals surface area contributed by atoms with Crippen molar-refractivity contribution in [3.63, 3.8) is 0 Å². The number of amides is 1. The number of carbonyl (C=O) groups excluding carboxylic acids is 1. The molecule has 6 nitrogen and oxygen atoms in total. The molecule has 116 valence electrons. The molecule has 2 rings (SSSR count). The van der Waals surface area contributed by atoms with Gasteiger partial charge in [-0.25, -0.2) is 8.78 Å². The average molecular weight is 365 g/mol. The van der Waals surface area contributed by atoms with Crippen LogP contribution in [0.15, 0.2) is 22.0 Å². The Hall–Kier alpha value is -1.35. The van der Waals surface area contributed by atoms with Gasteiger partial charge in [0.25, 0.3) is 6.43 Å². The molecule has 0 saturated heterocycles. The van der Waals surface area contributed by atoms with Crippen molar-refractivity contribution in [2.75, 3.05) is 0 Å². The molecule has 2 unspecified atom stereocenters. The van der Waals surface area contributed by atoms with Crippen LogP contribution >= 0.6 is 15.9 Å². The van der Waals surface area contributed by atoms with Gasteiger partial charge < -0.3 is 5.11 Å². The van der Waals surface area contributed by atoms with E-state index in [0.717, 1.165) is 4.47 Å². The predicted molar refractivity (Wildman–Crippen MR) is 74.6 cm³/mol. The zero-order chi connectivity index (χ0) is 15.8. The van der Waals surface area contributed by atoms with Gasteiger partial charge in [0.1, 0.15) is 0 Å². The summed E-state index contributed by atoms with van der Waals surface area (Å²) in [6.45, 7) is 3.28. The minimum Gasteiger partial charge on any atom is -0.364 e. The minimum absolute atomic E-state index is 0.203. The van der Waals surface area contributed by atoms with Gasteiger partial charge in [-0.15, -0.1) is 0 Å². The summed E-state index contributed by atoms with van der Waals surface area (Å²) in [4.78, 5) is 12.3. The molecule has 9 heteroatoms. The van der Waals surface area contributed by atoms with Gasteiger partial charge in [0.05, 0.1) is 23.1 Å². The number of aromatic nitrogens is 2. The van der Waals surface area contributed by atoms with Gasteiger partial charge in [-0.1, -0.05) is 6.92 Å². The number of hydrazone groups is 1. The molecule has 1 N–H and O–H groups in total. The third-order valence-electron chi connectivity index (χ3n) is 3.20. The Balaban J connectivity index is 2.14. The molecule has 2 heterocycles. The maximum Gasteiger partial charge on any atom is 0.287 e. The van der Waals surface area contributed by atoms with Gasteiger partial charge in [0, 0.05) is 18.3 Å². The first-order valence-electron chi connectivity index (χ1n) is 6.30. The molecule has 1 aromatic rings. The second-order valence-corrected chi connectivity index (χ2v) is 6.04. The third-order valence-corrected chi connectivity index (χ3v) is 3.61. The second kappa shape index (κ2) is 5.80. The summed E-state index contributed by atoms with van der Waals surface area (Å²) in [6.07, 6.45) is -0.211. The molecule has 1 amide bonds. The quantitative estimate of drug-likeness (QED) is 0.885. The van der Waals surface area contributed by atoms with Crippen LogP contribution in [0.25, 0.3) is 0 Å². The van der Waals surface area contributed by atoms with E-state index in [1.54, 1.807) is 19.3 Å². The molecule has 0 bridgehead atoms. The summed E-state index contributed by atoms with van der Waals surface area (Å²) in [5.74, 6) is -1.32. The Morgan fingerprint density at radius 1 is 1.62 bits per heavy atom. The van der Waals surface area contributed by atoms with Gasteiger partial charge in [-0.05, 0) is 22.9 Å². The first-order valence-corrected chi connectivity index (χ1v) is 7.10. The number of rotatable bonds is 4. The van der Waals surface area contributed by atoms with Crippen LogP contribution in [0, 0.1) is 5.92 Å². The zero-order valence-electron chi connectivity index (χ0n) is 11.5. The van der Waals surface area contributed by atoms with Crippen LogP contribution in [-0.4, -0.2) is 43.7 Å². The Bertz CT molecular complexity index is 577. The highest BCUT2D eigenvalue weighted by atomic mass is 79.9. The van der Waals surface area contributed by atoms with E-state index >= 15 is 0 Å². The molecule has 0 aliphatic carbocycles. The van der Waals surface area contributed by atoms with E-state index in [1.807, 2.05) is 0 Å². The van der Waals surface area contributed by atoms with Crippen molar-refractivity contribution in [3.8, 4) is 0 Å². The van der Waals surface area contributed by atoms with Crippen molar-refractivity contribution in [2.24, 2.45) is 11.0 Å². The molecule has 1 aliphatic heterocycles. The Morgan fingerprint density at radius 2 is 2.29 bits per heavy atom. The van der Waals surface area contributed by atoms with E-state index < -0.39 is 24.0 Å². The molecule has 0 spiro atoms. The number of hydrogen-bond donors (Lipinski definition) is 1. The van der Waals surface area contributed by atoms with Gasteiger partial charge in [0.2, 0.25) is 11.6 Å². The molecular formula is C12H15BrF2N4O2. The number of carbonyl (C=O) groups is 1. The van der Waals surface area contributed by atoms with Crippen molar-refractivity contribution in [2.45, 2.75) is 39.0 Å². The fourth-order valence-electron chi connectivity index (χ4n) is 2.16. The van der Waals surface area contributed by atoms with Crippen molar-refractivity contribution in [3.05, 3.63) is 16.9 Å². The molecule has 2 atom stereocenters. The average Bonchev–Trinajstić information content (AvgIpc) is 2.93. The first-order chi connectivity index (χ1) is 9.74. The summed E-state index contributed by atoms with van der Waals surface area (Å²) in [6, 6.07) is 0. The van der Waals surface area contributed by atoms with Crippen LogP contribution in [0.4, 0.5) is 8.78 Å². The largest absolute Gasteiger partial charge is 0.364 e. The summed E-state index contributed by atoms with van der Waals surface area (Å²) < 4.78 is 28.4. The first kappa shape index (κ1) is 16.0. The van der Waals surface area contributed by atoms with Crippen molar-refractivity contribution >= 4 is 27.5 Å². The van der Waals surface area contributed by atoms with Gasteiger partial charge >= 0.3 is 0 Å². The number of alkyl halides is 2. The van der Waals surface area contributed by atoms with Crippen molar-refractivity contribution in [1.29, 1.82) is 0 Å². The highest BCUT2D eigenvalue weighted by Crippen LogP contribution is 2.32. The topological polar surface area (TPSA) is 70.7 Å². The number of nitrogens with zero attached hydrogens (tertiary/aromatic N) is 4. The lowest BCUT2D eigenvalue weighted by Crippen LogP contribution is -2.53. The Morgan fingerprint density at radius 3 is 2.81 bits per heavy atom. The van der Waals surface area contributed by atoms with Gasteiger partial charge in [-0.3, -0.25) is 9.48 Å². The Kier molecular flexibility index (Phi) is 4.43. The van der Waals surface area contributed by atoms with Crippen LogP contribution in [0.1, 0.15) is 20.3 Å². The van der Waals surface area contributed by atoms with Crippen molar-refractivity contribution in [1.82, 2.24) is 14.8 Å². The number of halogens is 3. The highest BCUT2D eigenvalue weighted by Gasteiger charge is 2.51. The summed E-state index contributed by atoms with van der Waals surface area (Å²) >= 11 is 3.23. The van der Waals surface area contributed by atoms with E-state index in [2.05, 4.69) is 26.1 Å². The summed E-state index contributed by atoms with van der Waals surface area (Å²) in [5, 5.41) is 18.3. The lowest BCUT2D eigenvalue weighted by molar-refractivity contribution is -0.194. The highest BCUT2D eigenvalue weighted by molar-refractivity contribution is 9.10. The minimum atomic E-state index is -3.09. The van der Waals surface area contributed by atoms with Crippen LogP contribution in [0.3, 0.4) is 0 Å². The number of hydrogen-bond acceptors (Lipinski definition) is 4. The van der Waals surface area contributed by atoms with Crippen LogP contribution in [-0.2, 0) is 11.3 Å². The lowest BCUT2D eigenvalue weighted by Gasteiger charge is -2.31. The summed E-state index contributed by atoms with van der Waals surface area (Å²) in [7, 11) is 0. The van der Waals surface area contributed by atoms with E-state index in [0.29, 0.717) is 10.7 Å². The van der Waals surface area contributed by atoms with Crippen molar-refractivity contribution < 1.29 is 18.7 Å². The SMILES string of the molecule is CC1=NN(C(=O)C(C)Cn2cc(Br)cn2)C(O)(C(F)F)C1. The molecule has 21 heavy (non-hydrogen) atoms. The van der Waals surface area contributed by atoms with Crippen LogP contribution in [0.2, 0.25) is 0 Å². The van der Waals surface area contributed by atoms with E-state index in [-0.39, 0.29) is 13.0 Å². The predicted octanol–water partition coefficient (Wildman–Crippen LogP) is 1.84. The molecule has 1 aromatic heterocycles. The van der Waals surface area contributed by atoms with E-state index in [4.69, 9.17) is 0 Å². The third kappa shape index (κ3) is 3.13.